The molecular weight excluding hydrogens is 443 g/mol. The molecular formula is C34H37LiN2. The average Bonchev–Trinajstić information content (AvgIpc) is 2.97. The third kappa shape index (κ3) is 7.04. The van der Waals surface area contributed by atoms with Gasteiger partial charge in [-0.05, 0) is 55.6 Å². The van der Waals surface area contributed by atoms with Crippen LogP contribution in [0.5, 0.6) is 0 Å². The van der Waals surface area contributed by atoms with Gasteiger partial charge >= 0.3 is 18.9 Å². The van der Waals surface area contributed by atoms with Crippen LogP contribution in [0.1, 0.15) is 47.6 Å². The number of nitrogens with zero attached hydrogens (tertiary/aromatic N) is 2. The zero-order valence-corrected chi connectivity index (χ0v) is 22.2. The Morgan fingerprint density at radius 2 is 1.11 bits per heavy atom. The van der Waals surface area contributed by atoms with Gasteiger partial charge in [0.25, 0.3) is 0 Å². The van der Waals surface area contributed by atoms with Gasteiger partial charge in [-0.15, -0.1) is 6.54 Å². The molecule has 0 bridgehead atoms. The molecule has 0 N–H and O–H groups in total. The summed E-state index contributed by atoms with van der Waals surface area (Å²) in [7, 11) is 0. The van der Waals surface area contributed by atoms with Gasteiger partial charge in [-0.1, -0.05) is 139 Å². The number of hydrogen-bond acceptors (Lipinski definition) is 1. The van der Waals surface area contributed by atoms with Crippen molar-refractivity contribution in [3.8, 4) is 0 Å². The van der Waals surface area contributed by atoms with Crippen LogP contribution in [0, 0.1) is 0 Å². The first-order valence-electron chi connectivity index (χ1n) is 13.4. The van der Waals surface area contributed by atoms with Gasteiger partial charge in [0.05, 0.1) is 0 Å². The van der Waals surface area contributed by atoms with Crippen molar-refractivity contribution < 1.29 is 18.9 Å². The van der Waals surface area contributed by atoms with Crippen molar-refractivity contribution >= 4 is 0 Å². The first-order valence-corrected chi connectivity index (χ1v) is 13.4. The molecule has 4 aromatic carbocycles. The first kappa shape index (κ1) is 27.4. The summed E-state index contributed by atoms with van der Waals surface area (Å²) in [5.41, 5.74) is 5.08. The third-order valence-electron chi connectivity index (χ3n) is 7.65. The van der Waals surface area contributed by atoms with Crippen LogP contribution in [0.3, 0.4) is 0 Å². The summed E-state index contributed by atoms with van der Waals surface area (Å²) >= 11 is 0. The second-order valence-electron chi connectivity index (χ2n) is 10.1. The summed E-state index contributed by atoms with van der Waals surface area (Å²) in [6.07, 6.45) is 4.86. The molecule has 0 unspecified atom stereocenters. The van der Waals surface area contributed by atoms with Crippen molar-refractivity contribution in [1.82, 2.24) is 4.90 Å². The Labute approximate surface area is 235 Å². The zero-order valence-electron chi connectivity index (χ0n) is 22.2. The fraction of sp³-hybridized carbons (Fsp3) is 0.294. The van der Waals surface area contributed by atoms with Crippen molar-refractivity contribution in [2.24, 2.45) is 0 Å². The molecule has 37 heavy (non-hydrogen) atoms. The minimum atomic E-state index is -0.237. The molecule has 0 amide bonds. The summed E-state index contributed by atoms with van der Waals surface area (Å²) in [6.45, 7) is 4.11. The fourth-order valence-corrected chi connectivity index (χ4v) is 5.66. The van der Waals surface area contributed by atoms with Crippen molar-refractivity contribution in [2.45, 2.75) is 37.1 Å². The molecule has 2 nitrogen and oxygen atoms in total. The van der Waals surface area contributed by atoms with Gasteiger partial charge in [-0.25, -0.2) is 0 Å². The van der Waals surface area contributed by atoms with Crippen LogP contribution in [0.4, 0.5) is 0 Å². The Morgan fingerprint density at radius 1 is 0.622 bits per heavy atom. The smallest absolute Gasteiger partial charge is 0.654 e. The molecule has 184 valence electrons. The SMILES string of the molecule is [Li+].c1ccc(CC(C[N-][C@@H](CN2CCCCC2)c2ccccc2)(c2ccccc2)c2ccccc2)cc1. The Balaban J connectivity index is 0.00000320. The Hall–Kier alpha value is -2.60. The van der Waals surface area contributed by atoms with Crippen LogP contribution < -0.4 is 18.9 Å². The predicted octanol–water partition coefficient (Wildman–Crippen LogP) is 4.82. The molecule has 5 rings (SSSR count). The van der Waals surface area contributed by atoms with Crippen LogP contribution >= 0.6 is 0 Å². The standard InChI is InChI=1S/C34H37N2.Li/c1-6-16-29(17-7-1)26-34(31-20-10-3-11-21-31,32-22-12-4-13-23-32)28-35-33(30-18-8-2-9-19-30)27-36-24-14-5-15-25-36;/h1-4,6-13,16-23,33H,5,14-15,24-28H2;/q-1;+1/t33-;/m0./s1. The van der Waals surface area contributed by atoms with Crippen molar-refractivity contribution in [1.29, 1.82) is 0 Å². The maximum Gasteiger partial charge on any atom is 1.00 e. The molecule has 0 aliphatic carbocycles. The average molecular weight is 481 g/mol. The van der Waals surface area contributed by atoms with E-state index in [0.717, 1.165) is 19.5 Å². The van der Waals surface area contributed by atoms with E-state index >= 15 is 0 Å². The second kappa shape index (κ2) is 13.8. The largest absolute Gasteiger partial charge is 1.00 e. The van der Waals surface area contributed by atoms with Crippen LogP contribution in [-0.4, -0.2) is 31.1 Å². The van der Waals surface area contributed by atoms with E-state index in [-0.39, 0.29) is 30.3 Å². The summed E-state index contributed by atoms with van der Waals surface area (Å²) in [6, 6.07) is 44.0. The summed E-state index contributed by atoms with van der Waals surface area (Å²) in [4.78, 5) is 2.62. The van der Waals surface area contributed by atoms with Crippen LogP contribution in [0.2, 0.25) is 0 Å². The molecule has 1 heterocycles. The number of rotatable bonds is 10. The topological polar surface area (TPSA) is 17.3 Å². The molecule has 1 aliphatic heterocycles. The van der Waals surface area contributed by atoms with E-state index in [1.54, 1.807) is 0 Å². The molecule has 0 saturated carbocycles. The van der Waals surface area contributed by atoms with Crippen molar-refractivity contribution in [3.05, 3.63) is 149 Å². The molecule has 1 fully saturated rings. The van der Waals surface area contributed by atoms with Crippen molar-refractivity contribution in [3.63, 3.8) is 0 Å². The summed E-state index contributed by atoms with van der Waals surface area (Å²) in [5.74, 6) is 0. The Bertz CT molecular complexity index is 1120. The van der Waals surface area contributed by atoms with E-state index in [1.807, 2.05) is 0 Å². The molecule has 0 aromatic heterocycles. The van der Waals surface area contributed by atoms with Crippen molar-refractivity contribution in [2.75, 3.05) is 26.2 Å². The number of hydrogen-bond donors (Lipinski definition) is 0. The summed E-state index contributed by atoms with van der Waals surface area (Å²) < 4.78 is 0. The number of benzene rings is 4. The van der Waals surface area contributed by atoms with Gasteiger partial charge in [0, 0.05) is 5.41 Å². The van der Waals surface area contributed by atoms with E-state index in [1.165, 1.54) is 54.6 Å². The van der Waals surface area contributed by atoms with Gasteiger partial charge in [0.2, 0.25) is 0 Å². The zero-order chi connectivity index (χ0) is 24.5. The van der Waals surface area contributed by atoms with Gasteiger partial charge < -0.3 is 10.2 Å². The van der Waals surface area contributed by atoms with E-state index < -0.39 is 0 Å². The van der Waals surface area contributed by atoms with Crippen LogP contribution in [0.25, 0.3) is 5.32 Å². The molecule has 0 radical (unpaired) electrons. The Kier molecular flexibility index (Phi) is 10.2. The van der Waals surface area contributed by atoms with Gasteiger partial charge in [-0.3, -0.25) is 0 Å². The van der Waals surface area contributed by atoms with Gasteiger partial charge in [0.15, 0.2) is 0 Å². The second-order valence-corrected chi connectivity index (χ2v) is 10.1. The first-order chi connectivity index (χ1) is 17.8. The normalized spacial score (nSPS) is 15.0. The quantitative estimate of drug-likeness (QED) is 0.298. The minimum Gasteiger partial charge on any atom is -0.654 e. The maximum absolute atomic E-state index is 5.57. The molecule has 3 heteroatoms. The third-order valence-corrected chi connectivity index (χ3v) is 7.65. The van der Waals surface area contributed by atoms with E-state index in [9.17, 15) is 0 Å². The fourth-order valence-electron chi connectivity index (χ4n) is 5.66. The van der Waals surface area contributed by atoms with Gasteiger partial charge in [0.1, 0.15) is 0 Å². The molecule has 1 aliphatic rings. The maximum atomic E-state index is 5.57. The van der Waals surface area contributed by atoms with Crippen LogP contribution in [-0.2, 0) is 11.8 Å². The molecule has 0 spiro atoms. The van der Waals surface area contributed by atoms with E-state index in [0.29, 0.717) is 0 Å². The molecule has 4 aromatic rings. The van der Waals surface area contributed by atoms with Gasteiger partial charge in [-0.2, -0.15) is 0 Å². The minimum absolute atomic E-state index is 0. The summed E-state index contributed by atoms with van der Waals surface area (Å²) in [5, 5.41) is 5.57. The number of likely N-dealkylation sites (tertiary alicyclic amines) is 1. The van der Waals surface area contributed by atoms with Crippen LogP contribution in [0.15, 0.2) is 121 Å². The van der Waals surface area contributed by atoms with E-state index in [2.05, 4.69) is 126 Å². The van der Waals surface area contributed by atoms with E-state index in [4.69, 9.17) is 5.32 Å². The molecule has 1 saturated heterocycles. The Morgan fingerprint density at radius 3 is 1.65 bits per heavy atom. The number of piperidine rings is 1. The predicted molar refractivity (Wildman–Crippen MR) is 152 cm³/mol. The molecule has 1 atom stereocenters. The monoisotopic (exact) mass is 480 g/mol.